The van der Waals surface area contributed by atoms with E-state index in [-0.39, 0.29) is 25.4 Å². The zero-order valence-corrected chi connectivity index (χ0v) is 30.3. The quantitative estimate of drug-likeness (QED) is 0.111. The van der Waals surface area contributed by atoms with Gasteiger partial charge < -0.3 is 18.9 Å². The maximum Gasteiger partial charge on any atom is 0.317 e. The van der Waals surface area contributed by atoms with Gasteiger partial charge in [0.25, 0.3) is 0 Å². The first-order valence-electron chi connectivity index (χ1n) is 15.8. The predicted molar refractivity (Wildman–Crippen MR) is 185 cm³/mol. The fourth-order valence-electron chi connectivity index (χ4n) is 4.38. The first-order valence-corrected chi connectivity index (χ1v) is 20.0. The van der Waals surface area contributed by atoms with Gasteiger partial charge in [-0.15, -0.1) is 5.10 Å². The Bertz CT molecular complexity index is 1420. The van der Waals surface area contributed by atoms with Gasteiger partial charge in [-0.1, -0.05) is 13.8 Å². The van der Waals surface area contributed by atoms with Gasteiger partial charge in [-0.3, -0.25) is 18.9 Å². The Morgan fingerprint density at radius 1 is 1.02 bits per heavy atom. The van der Waals surface area contributed by atoms with Gasteiger partial charge in [0.2, 0.25) is 5.88 Å². The van der Waals surface area contributed by atoms with Crippen molar-refractivity contribution in [1.29, 1.82) is 0 Å². The highest BCUT2D eigenvalue weighted by Crippen LogP contribution is 2.54. The lowest BCUT2D eigenvalue weighted by molar-refractivity contribution is -0.170. The Morgan fingerprint density at radius 3 is 2.24 bits per heavy atom. The Kier molecular flexibility index (Phi) is 11.3. The van der Waals surface area contributed by atoms with Crippen LogP contribution in [0.25, 0.3) is 22.6 Å². The summed E-state index contributed by atoms with van der Waals surface area (Å²) in [6.07, 6.45) is 14.0. The molecule has 11 heteroatoms. The highest BCUT2D eigenvalue weighted by Gasteiger charge is 2.39. The van der Waals surface area contributed by atoms with E-state index in [1.165, 1.54) is 0 Å². The van der Waals surface area contributed by atoms with Gasteiger partial charge in [0.05, 0.1) is 18.4 Å². The molecule has 0 aliphatic carbocycles. The van der Waals surface area contributed by atoms with Crippen LogP contribution >= 0.6 is 9.16 Å². The number of aromatic nitrogens is 5. The van der Waals surface area contributed by atoms with Crippen LogP contribution in [0.15, 0.2) is 30.6 Å². The van der Waals surface area contributed by atoms with Gasteiger partial charge in [-0.05, 0) is 103 Å². The molecule has 0 saturated carbocycles. The maximum atomic E-state index is 13.0. The van der Waals surface area contributed by atoms with E-state index in [4.69, 9.17) is 23.9 Å². The standard InChI is InChI=1S/C34H55N5O5S/c1-13-34(14-2,31(40)44-33(6,7)8)22-42-29-19-25(5)27(21-36-29)28-16-15-26(20-35-28)30-37-32(43-24(3)4)39(38-30)23-41-17-18-45(9,10,11)12/h15-16,19-21,24,45H,13-14,17-18,22-23H2,1-12H3. The second-order valence-electron chi connectivity index (χ2n) is 15.1. The van der Waals surface area contributed by atoms with E-state index in [9.17, 15) is 4.79 Å². The minimum absolute atomic E-state index is 0.0538. The Morgan fingerprint density at radius 2 is 1.71 bits per heavy atom. The highest BCUT2D eigenvalue weighted by atomic mass is 32.3. The van der Waals surface area contributed by atoms with Crippen LogP contribution in [0.1, 0.15) is 66.9 Å². The molecule has 0 radical (unpaired) electrons. The van der Waals surface area contributed by atoms with Gasteiger partial charge >= 0.3 is 12.0 Å². The molecule has 3 heterocycles. The van der Waals surface area contributed by atoms with Crippen molar-refractivity contribution in [1.82, 2.24) is 24.7 Å². The van der Waals surface area contributed by atoms with E-state index < -0.39 is 20.2 Å². The lowest BCUT2D eigenvalue weighted by Crippen LogP contribution is -2.41. The number of carbonyl (C=O) groups is 1. The van der Waals surface area contributed by atoms with Crippen LogP contribution in [0.5, 0.6) is 11.9 Å². The highest BCUT2D eigenvalue weighted by molar-refractivity contribution is 8.47. The summed E-state index contributed by atoms with van der Waals surface area (Å²) in [5, 5.41) is 4.67. The number of pyridine rings is 2. The molecule has 0 bridgehead atoms. The average molecular weight is 646 g/mol. The van der Waals surface area contributed by atoms with E-state index in [0.717, 1.165) is 28.1 Å². The first kappa shape index (κ1) is 36.3. The van der Waals surface area contributed by atoms with Crippen LogP contribution in [-0.2, 0) is 21.0 Å². The smallest absolute Gasteiger partial charge is 0.317 e. The van der Waals surface area contributed by atoms with Crippen molar-refractivity contribution < 1.29 is 23.7 Å². The summed E-state index contributed by atoms with van der Waals surface area (Å²) >= 11 is 0. The number of esters is 1. The Labute approximate surface area is 269 Å². The van der Waals surface area contributed by atoms with E-state index in [1.54, 1.807) is 17.1 Å². The lowest BCUT2D eigenvalue weighted by atomic mass is 9.83. The average Bonchev–Trinajstić information content (AvgIpc) is 3.32. The van der Waals surface area contributed by atoms with E-state index >= 15 is 0 Å². The number of ether oxygens (including phenoxy) is 4. The molecule has 0 aliphatic heterocycles. The van der Waals surface area contributed by atoms with Crippen LogP contribution in [-0.4, -0.2) is 86.4 Å². The second kappa shape index (κ2) is 14.1. The van der Waals surface area contributed by atoms with E-state index in [2.05, 4.69) is 40.1 Å². The molecule has 0 fully saturated rings. The van der Waals surface area contributed by atoms with E-state index in [1.807, 2.05) is 73.6 Å². The van der Waals surface area contributed by atoms with Crippen LogP contribution in [0, 0.1) is 12.3 Å². The number of aryl methyl sites for hydroxylation is 1. The monoisotopic (exact) mass is 645 g/mol. The van der Waals surface area contributed by atoms with E-state index in [0.29, 0.717) is 37.2 Å². The minimum atomic E-state index is -1.65. The fourth-order valence-corrected chi connectivity index (χ4v) is 5.24. The molecule has 0 amide bonds. The SMILES string of the molecule is CCC(CC)(COc1cc(C)c(-c2ccc(-c3nc(OC(C)C)n(COCC[SH](C)(C)(C)C)n3)cn2)cn1)C(=O)OC(C)(C)C. The molecule has 45 heavy (non-hydrogen) atoms. The zero-order chi connectivity index (χ0) is 33.7. The summed E-state index contributed by atoms with van der Waals surface area (Å²) < 4.78 is 25.3. The molecule has 10 nitrogen and oxygen atoms in total. The summed E-state index contributed by atoms with van der Waals surface area (Å²) in [6.45, 7) is 16.6. The summed E-state index contributed by atoms with van der Waals surface area (Å²) in [7, 11) is -1.65. The topological polar surface area (TPSA) is 110 Å². The van der Waals surface area contributed by atoms with Gasteiger partial charge in [0.1, 0.15) is 24.4 Å². The second-order valence-corrected chi connectivity index (χ2v) is 23.5. The fraction of sp³-hybridized carbons (Fsp3) is 0.618. The molecule has 0 unspecified atom stereocenters. The number of carbonyl (C=O) groups excluding carboxylic acids is 1. The van der Waals surface area contributed by atoms with Crippen molar-refractivity contribution in [3.8, 4) is 34.5 Å². The summed E-state index contributed by atoms with van der Waals surface area (Å²) in [5.74, 6) is 1.76. The first-order chi connectivity index (χ1) is 20.8. The molecule has 0 aromatic carbocycles. The van der Waals surface area contributed by atoms with Crippen LogP contribution < -0.4 is 9.47 Å². The van der Waals surface area contributed by atoms with Crippen molar-refractivity contribution in [2.24, 2.45) is 5.41 Å². The van der Waals surface area contributed by atoms with Gasteiger partial charge in [-0.2, -0.15) is 9.67 Å². The predicted octanol–water partition coefficient (Wildman–Crippen LogP) is 6.59. The normalized spacial score (nSPS) is 13.4. The number of hydrogen-bond donors (Lipinski definition) is 1. The van der Waals surface area contributed by atoms with Crippen molar-refractivity contribution >= 4 is 15.1 Å². The molecule has 3 aromatic heterocycles. The zero-order valence-electron chi connectivity index (χ0n) is 29.4. The Balaban J connectivity index is 1.74. The largest absolute Gasteiger partial charge is 0.476 e. The molecule has 0 N–H and O–H groups in total. The van der Waals surface area contributed by atoms with Gasteiger partial charge in [-0.25, -0.2) is 4.98 Å². The molecule has 0 saturated heterocycles. The molecule has 252 valence electrons. The summed E-state index contributed by atoms with van der Waals surface area (Å²) in [6, 6.07) is 6.16. The van der Waals surface area contributed by atoms with Gasteiger partial charge in [0, 0.05) is 29.6 Å². The van der Waals surface area contributed by atoms with Crippen LogP contribution in [0.3, 0.4) is 0 Å². The van der Waals surface area contributed by atoms with Crippen molar-refractivity contribution in [2.45, 2.75) is 86.7 Å². The van der Waals surface area contributed by atoms with Crippen molar-refractivity contribution in [3.63, 3.8) is 0 Å². The molecule has 0 aliphatic rings. The molecule has 3 aromatic rings. The number of nitrogens with zero attached hydrogens (tertiary/aromatic N) is 5. The third-order valence-corrected chi connectivity index (χ3v) is 9.36. The van der Waals surface area contributed by atoms with Crippen molar-refractivity contribution in [2.75, 3.05) is 44.0 Å². The molecular formula is C34H55N5O5S. The van der Waals surface area contributed by atoms with Crippen LogP contribution in [0.2, 0.25) is 0 Å². The number of hydrogen-bond acceptors (Lipinski definition) is 9. The van der Waals surface area contributed by atoms with Crippen LogP contribution in [0.4, 0.5) is 0 Å². The summed E-state index contributed by atoms with van der Waals surface area (Å²) in [5.41, 5.74) is 2.06. The van der Waals surface area contributed by atoms with Gasteiger partial charge in [0.15, 0.2) is 5.82 Å². The molecule has 0 spiro atoms. The Hall–Kier alpha value is -3.18. The number of rotatable bonds is 15. The third-order valence-electron chi connectivity index (χ3n) is 7.39. The third kappa shape index (κ3) is 10.7. The summed E-state index contributed by atoms with van der Waals surface area (Å²) in [4.78, 5) is 26.9. The molecule has 0 atom stereocenters. The lowest BCUT2D eigenvalue weighted by Gasteiger charge is -2.46. The molecular weight excluding hydrogens is 590 g/mol. The maximum absolute atomic E-state index is 13.0. The molecule has 3 rings (SSSR count). The minimum Gasteiger partial charge on any atom is -0.476 e. The van der Waals surface area contributed by atoms with Crippen molar-refractivity contribution in [3.05, 3.63) is 36.2 Å². The number of thiol groups is 1.